The largest absolute Gasteiger partial charge is 1.00 e. The maximum atomic E-state index is 8.88. The van der Waals surface area contributed by atoms with Gasteiger partial charge < -0.3 is 48.5 Å². The van der Waals surface area contributed by atoms with Crippen LogP contribution >= 0.6 is 7.82 Å². The molecule has 12 N–H and O–H groups in total. The Kier molecular flexibility index (Phi) is 52.7. The van der Waals surface area contributed by atoms with Gasteiger partial charge in [0.05, 0.1) is 5.09 Å². The van der Waals surface area contributed by atoms with Gasteiger partial charge in [0, 0.05) is 0 Å². The molecule has 0 aliphatic carbocycles. The summed E-state index contributed by atoms with van der Waals surface area (Å²) < 4.78 is 8.88. The van der Waals surface area contributed by atoms with Gasteiger partial charge in [0.2, 0.25) is 0 Å². The number of phosphoric acid groups is 1. The van der Waals surface area contributed by atoms with E-state index in [9.17, 15) is 0 Å². The molecule has 0 rings (SSSR count). The van der Waals surface area contributed by atoms with Gasteiger partial charge in [-0.3, -0.25) is 0 Å². The summed E-state index contributed by atoms with van der Waals surface area (Å²) in [5.74, 6) is 0. The van der Waals surface area contributed by atoms with E-state index in [0.29, 0.717) is 0 Å². The first kappa shape index (κ1) is 37.9. The Labute approximate surface area is 95.5 Å². The molecule has 0 unspecified atom stereocenters. The van der Waals surface area contributed by atoms with E-state index in [1.807, 2.05) is 0 Å². The fraction of sp³-hybridized carbons (Fsp3) is 0. The molecule has 0 saturated carbocycles. The minimum absolute atomic E-state index is 0. The van der Waals surface area contributed by atoms with Crippen LogP contribution < -0.4 is 48.0 Å². The van der Waals surface area contributed by atoms with Crippen molar-refractivity contribution >= 4 is 7.82 Å². The van der Waals surface area contributed by atoms with Crippen LogP contribution in [-0.4, -0.2) is 19.8 Å². The Bertz CT molecular complexity index is 120. The molecule has 0 aromatic rings. The van der Waals surface area contributed by atoms with Crippen LogP contribution in [0.4, 0.5) is 0 Å². The maximum absolute atomic E-state index is 8.88. The van der Waals surface area contributed by atoms with Crippen LogP contribution in [0.2, 0.25) is 0 Å². The van der Waals surface area contributed by atoms with E-state index in [-0.39, 0.29) is 48.0 Å². The molecule has 0 heterocycles. The molecule has 0 fully saturated rings. The van der Waals surface area contributed by atoms with Crippen molar-refractivity contribution in [2.45, 2.75) is 0 Å². The summed E-state index contributed by atoms with van der Waals surface area (Å²) in [4.78, 5) is 29.8. The van der Waals surface area contributed by atoms with Crippen LogP contribution in [0, 0.1) is 15.3 Å². The van der Waals surface area contributed by atoms with Crippen molar-refractivity contribution in [3.8, 4) is 0 Å². The monoisotopic (exact) mass is 234 g/mol. The molecule has 13 heavy (non-hydrogen) atoms. The van der Waals surface area contributed by atoms with Gasteiger partial charge in [-0.05, 0) is 0 Å². The van der Waals surface area contributed by atoms with E-state index in [1.165, 1.54) is 0 Å². The normalized spacial score (nSPS) is 6.38. The van der Waals surface area contributed by atoms with Gasteiger partial charge in [-0.2, -0.15) is 0 Å². The fourth-order valence-corrected chi connectivity index (χ4v) is 0. The molecule has 0 saturated heterocycles. The number of hydrogen-bond acceptors (Lipinski definition) is 7. The first-order chi connectivity index (χ1) is 3.73. The van der Waals surface area contributed by atoms with Crippen molar-refractivity contribution in [2.24, 2.45) is 0 Å². The molecule has 0 bridgehead atoms. The van der Waals surface area contributed by atoms with Crippen LogP contribution in [0.3, 0.4) is 0 Å². The van der Waals surface area contributed by atoms with Crippen molar-refractivity contribution < 1.29 is 53.9 Å². The van der Waals surface area contributed by atoms with Crippen LogP contribution in [0.25, 0.3) is 0 Å². The number of hydrogen-bond donors (Lipinski definition) is 6. The zero-order chi connectivity index (χ0) is 8.08. The average Bonchev–Trinajstić information content (AvgIpc) is 1.19. The summed E-state index contributed by atoms with van der Waals surface area (Å²) in [6.45, 7) is 0. The van der Waals surface area contributed by atoms with Gasteiger partial charge in [0.25, 0.3) is 0 Å². The third-order valence-electron chi connectivity index (χ3n) is 0. The maximum Gasteiger partial charge on any atom is 1.00 e. The van der Waals surface area contributed by atoms with Gasteiger partial charge in [-0.25, -0.2) is 4.57 Å². The average molecular weight is 234 g/mol. The predicted octanol–water partition coefficient (Wildman–Crippen LogP) is -3.68. The second-order valence-corrected chi connectivity index (χ2v) is 1.76. The Morgan fingerprint density at radius 3 is 1.00 bits per heavy atom. The minimum Gasteiger partial charge on any atom is -0.356 e. The van der Waals surface area contributed by atoms with Crippen LogP contribution in [0.5, 0.6) is 0 Å². The number of nitrogens with zero attached hydrogens (tertiary/aromatic N) is 1. The van der Waals surface area contributed by atoms with Gasteiger partial charge in [0.15, 0.2) is 0 Å². The predicted molar refractivity (Wildman–Crippen MR) is 39.7 cm³/mol. The van der Waals surface area contributed by atoms with Crippen LogP contribution in [0.1, 0.15) is 0 Å². The third kappa shape index (κ3) is 35100. The molecule has 0 aromatic heterocycles. The molecular formula is H12N4NaO7P. The summed E-state index contributed by atoms with van der Waals surface area (Å²) in [7, 11) is -4.64. The smallest absolute Gasteiger partial charge is 0.356 e. The summed E-state index contributed by atoms with van der Waals surface area (Å²) in [5.41, 5.74) is 0. The molecular weight excluding hydrogens is 222 g/mol. The Morgan fingerprint density at radius 1 is 1.00 bits per heavy atom. The zero-order valence-corrected chi connectivity index (χ0v) is 9.88. The molecule has 0 aliphatic rings. The number of rotatable bonds is 0. The summed E-state index contributed by atoms with van der Waals surface area (Å²) in [5, 5.41) is 14.8. The van der Waals surface area contributed by atoms with Crippen LogP contribution in [0.15, 0.2) is 0 Å². The summed E-state index contributed by atoms with van der Waals surface area (Å²) in [6.07, 6.45) is 0. The first-order valence-electron chi connectivity index (χ1n) is 1.33. The SMILES string of the molecule is N.N.N.O=P(O)(O)O.O=[N+]([O-])[O-].[Na+]. The van der Waals surface area contributed by atoms with E-state index < -0.39 is 12.9 Å². The van der Waals surface area contributed by atoms with Crippen molar-refractivity contribution in [3.63, 3.8) is 0 Å². The van der Waals surface area contributed by atoms with Gasteiger partial charge in [0.1, 0.15) is 0 Å². The van der Waals surface area contributed by atoms with Crippen molar-refractivity contribution in [3.05, 3.63) is 15.3 Å². The quantitative estimate of drug-likeness (QED) is 0.103. The van der Waals surface area contributed by atoms with Crippen molar-refractivity contribution in [2.75, 3.05) is 0 Å². The third-order valence-corrected chi connectivity index (χ3v) is 0. The molecule has 0 atom stereocenters. The Morgan fingerprint density at radius 2 is 1.00 bits per heavy atom. The van der Waals surface area contributed by atoms with Gasteiger partial charge >= 0.3 is 37.4 Å². The Hall–Kier alpha value is 0.190. The summed E-state index contributed by atoms with van der Waals surface area (Å²) in [6, 6.07) is 0. The molecule has 11 nitrogen and oxygen atoms in total. The molecule has 80 valence electrons. The van der Waals surface area contributed by atoms with E-state index in [0.717, 1.165) is 0 Å². The molecule has 0 spiro atoms. The minimum atomic E-state index is -4.64. The second kappa shape index (κ2) is 18.1. The fourth-order valence-electron chi connectivity index (χ4n) is 0. The van der Waals surface area contributed by atoms with E-state index in [1.54, 1.807) is 0 Å². The second-order valence-electron chi connectivity index (χ2n) is 0.737. The van der Waals surface area contributed by atoms with Crippen LogP contribution in [-0.2, 0) is 4.57 Å². The molecule has 13 heteroatoms. The molecule has 0 amide bonds. The van der Waals surface area contributed by atoms with E-state index in [4.69, 9.17) is 34.6 Å². The zero-order valence-electron chi connectivity index (χ0n) is 6.99. The standard InChI is InChI=1S/NO3.3H3N.Na.H3O4P/c2-1(3)4;;;;;1-5(2,3)4/h;3*1H3;;(H3,1,2,3,4)/q-1;;;;+1;. The molecule has 0 aliphatic heterocycles. The molecule has 0 radical (unpaired) electrons. The van der Waals surface area contributed by atoms with Gasteiger partial charge in [-0.15, -0.1) is 0 Å². The van der Waals surface area contributed by atoms with E-state index >= 15 is 0 Å². The Balaban J connectivity index is -0.0000000146. The first-order valence-corrected chi connectivity index (χ1v) is 2.90. The van der Waals surface area contributed by atoms with Crippen molar-refractivity contribution in [1.82, 2.24) is 18.5 Å². The van der Waals surface area contributed by atoms with Gasteiger partial charge in [-0.1, -0.05) is 0 Å². The molecule has 0 aromatic carbocycles. The van der Waals surface area contributed by atoms with Crippen molar-refractivity contribution in [1.29, 1.82) is 0 Å². The topological polar surface area (TPSA) is 249 Å². The van der Waals surface area contributed by atoms with E-state index in [2.05, 4.69) is 0 Å². The summed E-state index contributed by atoms with van der Waals surface area (Å²) >= 11 is 0.